The zero-order valence-electron chi connectivity index (χ0n) is 9.66. The third-order valence-corrected chi connectivity index (χ3v) is 3.26. The molecule has 88 valence electrons. The van der Waals surface area contributed by atoms with E-state index in [1.165, 1.54) is 0 Å². The first-order valence-electron chi connectivity index (χ1n) is 5.13. The van der Waals surface area contributed by atoms with Crippen LogP contribution in [0.15, 0.2) is 29.2 Å². The van der Waals surface area contributed by atoms with Gasteiger partial charge in [0.15, 0.2) is 0 Å². The lowest BCUT2D eigenvalue weighted by Gasteiger charge is -2.13. The summed E-state index contributed by atoms with van der Waals surface area (Å²) in [6, 6.07) is 7.84. The standard InChI is InChI=1S/C12H16ClNOS/c1-8(2)14-12(15)11(13)9-4-6-10(16-3)7-5-9/h4-8,11H,1-3H3,(H,14,15). The maximum atomic E-state index is 11.7. The fourth-order valence-corrected chi connectivity index (χ4v) is 1.90. The van der Waals surface area contributed by atoms with Gasteiger partial charge in [0.2, 0.25) is 5.91 Å². The lowest BCUT2D eigenvalue weighted by Crippen LogP contribution is -2.32. The van der Waals surface area contributed by atoms with Gasteiger partial charge in [-0.3, -0.25) is 4.79 Å². The molecule has 1 aromatic rings. The van der Waals surface area contributed by atoms with Crippen LogP contribution >= 0.6 is 23.4 Å². The Labute approximate surface area is 106 Å². The van der Waals surface area contributed by atoms with Crippen molar-refractivity contribution in [2.45, 2.75) is 30.2 Å². The molecule has 1 amide bonds. The number of hydrogen-bond acceptors (Lipinski definition) is 2. The highest BCUT2D eigenvalue weighted by atomic mass is 35.5. The van der Waals surface area contributed by atoms with Gasteiger partial charge in [0.25, 0.3) is 0 Å². The van der Waals surface area contributed by atoms with Gasteiger partial charge in [0.05, 0.1) is 0 Å². The van der Waals surface area contributed by atoms with E-state index in [-0.39, 0.29) is 11.9 Å². The third kappa shape index (κ3) is 3.72. The summed E-state index contributed by atoms with van der Waals surface area (Å²) in [5, 5.41) is 2.18. The molecule has 0 aliphatic rings. The van der Waals surface area contributed by atoms with Gasteiger partial charge in [-0.1, -0.05) is 12.1 Å². The highest BCUT2D eigenvalue weighted by molar-refractivity contribution is 7.98. The maximum Gasteiger partial charge on any atom is 0.242 e. The van der Waals surface area contributed by atoms with Crippen molar-refractivity contribution in [3.8, 4) is 0 Å². The van der Waals surface area contributed by atoms with Crippen LogP contribution in [0.2, 0.25) is 0 Å². The molecule has 1 rings (SSSR count). The van der Waals surface area contributed by atoms with E-state index < -0.39 is 5.38 Å². The summed E-state index contributed by atoms with van der Waals surface area (Å²) in [6.45, 7) is 3.83. The van der Waals surface area contributed by atoms with Crippen molar-refractivity contribution in [3.05, 3.63) is 29.8 Å². The van der Waals surface area contributed by atoms with Gasteiger partial charge in [-0.05, 0) is 37.8 Å². The molecule has 0 spiro atoms. The van der Waals surface area contributed by atoms with E-state index in [4.69, 9.17) is 11.6 Å². The van der Waals surface area contributed by atoms with Crippen LogP contribution in [0.3, 0.4) is 0 Å². The average molecular weight is 258 g/mol. The highest BCUT2D eigenvalue weighted by Gasteiger charge is 2.17. The number of nitrogens with one attached hydrogen (secondary N) is 1. The van der Waals surface area contributed by atoms with Crippen LogP contribution < -0.4 is 5.32 Å². The Morgan fingerprint density at radius 1 is 1.31 bits per heavy atom. The van der Waals surface area contributed by atoms with Crippen molar-refractivity contribution in [1.29, 1.82) is 0 Å². The molecule has 1 unspecified atom stereocenters. The van der Waals surface area contributed by atoms with Crippen LogP contribution in [-0.4, -0.2) is 18.2 Å². The summed E-state index contributed by atoms with van der Waals surface area (Å²) < 4.78 is 0. The highest BCUT2D eigenvalue weighted by Crippen LogP contribution is 2.23. The van der Waals surface area contributed by atoms with Crippen LogP contribution in [0.1, 0.15) is 24.8 Å². The normalized spacial score (nSPS) is 12.6. The molecule has 4 heteroatoms. The number of hydrogen-bond donors (Lipinski definition) is 1. The molecular weight excluding hydrogens is 242 g/mol. The number of amides is 1. The molecule has 0 saturated carbocycles. The Kier molecular flexibility index (Phi) is 5.16. The van der Waals surface area contributed by atoms with Gasteiger partial charge >= 0.3 is 0 Å². The Balaban J connectivity index is 2.72. The van der Waals surface area contributed by atoms with Gasteiger partial charge in [0.1, 0.15) is 5.38 Å². The second-order valence-corrected chi connectivity index (χ2v) is 5.12. The first-order valence-corrected chi connectivity index (χ1v) is 6.79. The number of carbonyl (C=O) groups excluding carboxylic acids is 1. The molecule has 0 bridgehead atoms. The monoisotopic (exact) mass is 257 g/mol. The van der Waals surface area contributed by atoms with E-state index in [2.05, 4.69) is 5.32 Å². The molecule has 0 radical (unpaired) electrons. The largest absolute Gasteiger partial charge is 0.352 e. The number of carbonyl (C=O) groups is 1. The Hall–Kier alpha value is -0.670. The number of thioether (sulfide) groups is 1. The van der Waals surface area contributed by atoms with E-state index >= 15 is 0 Å². The third-order valence-electron chi connectivity index (χ3n) is 2.07. The summed E-state index contributed by atoms with van der Waals surface area (Å²) in [6.07, 6.45) is 2.01. The topological polar surface area (TPSA) is 29.1 Å². The minimum atomic E-state index is -0.613. The second-order valence-electron chi connectivity index (χ2n) is 3.80. The van der Waals surface area contributed by atoms with Crippen molar-refractivity contribution in [3.63, 3.8) is 0 Å². The summed E-state index contributed by atoms with van der Waals surface area (Å²) in [5.74, 6) is -0.145. The van der Waals surface area contributed by atoms with Gasteiger partial charge in [-0.25, -0.2) is 0 Å². The molecule has 0 aromatic heterocycles. The predicted molar refractivity (Wildman–Crippen MR) is 70.1 cm³/mol. The summed E-state index contributed by atoms with van der Waals surface area (Å²) >= 11 is 7.74. The molecule has 0 saturated heterocycles. The van der Waals surface area contributed by atoms with E-state index in [9.17, 15) is 4.79 Å². The van der Waals surface area contributed by atoms with E-state index in [1.807, 2.05) is 44.4 Å². The summed E-state index contributed by atoms with van der Waals surface area (Å²) in [5.41, 5.74) is 0.831. The van der Waals surface area contributed by atoms with Gasteiger partial charge < -0.3 is 5.32 Å². The Morgan fingerprint density at radius 3 is 2.31 bits per heavy atom. The Bertz CT molecular complexity index is 351. The number of rotatable bonds is 4. The van der Waals surface area contributed by atoms with Gasteiger partial charge in [-0.2, -0.15) is 0 Å². The fraction of sp³-hybridized carbons (Fsp3) is 0.417. The number of benzene rings is 1. The Morgan fingerprint density at radius 2 is 1.88 bits per heavy atom. The summed E-state index contributed by atoms with van der Waals surface area (Å²) in [4.78, 5) is 12.8. The predicted octanol–water partition coefficient (Wildman–Crippen LogP) is 3.21. The van der Waals surface area contributed by atoms with Crippen LogP contribution in [0.5, 0.6) is 0 Å². The molecule has 0 fully saturated rings. The SMILES string of the molecule is CSc1ccc(C(Cl)C(=O)NC(C)C)cc1. The number of halogens is 1. The zero-order chi connectivity index (χ0) is 12.1. The van der Waals surface area contributed by atoms with Gasteiger partial charge in [0, 0.05) is 10.9 Å². The lowest BCUT2D eigenvalue weighted by atomic mass is 10.1. The van der Waals surface area contributed by atoms with Crippen LogP contribution in [-0.2, 0) is 4.79 Å². The van der Waals surface area contributed by atoms with Crippen molar-refractivity contribution in [2.75, 3.05) is 6.26 Å². The zero-order valence-corrected chi connectivity index (χ0v) is 11.2. The smallest absolute Gasteiger partial charge is 0.242 e. The molecular formula is C12H16ClNOS. The molecule has 0 aliphatic carbocycles. The first kappa shape index (κ1) is 13.4. The molecule has 16 heavy (non-hydrogen) atoms. The quantitative estimate of drug-likeness (QED) is 0.663. The van der Waals surface area contributed by atoms with Gasteiger partial charge in [-0.15, -0.1) is 23.4 Å². The fourth-order valence-electron chi connectivity index (χ4n) is 1.28. The molecule has 1 aromatic carbocycles. The van der Waals surface area contributed by atoms with Crippen LogP contribution in [0.25, 0.3) is 0 Å². The van der Waals surface area contributed by atoms with Crippen LogP contribution in [0.4, 0.5) is 0 Å². The van der Waals surface area contributed by atoms with Crippen molar-refractivity contribution in [1.82, 2.24) is 5.32 Å². The molecule has 2 nitrogen and oxygen atoms in total. The van der Waals surface area contributed by atoms with Crippen molar-refractivity contribution < 1.29 is 4.79 Å². The minimum Gasteiger partial charge on any atom is -0.352 e. The van der Waals surface area contributed by atoms with Crippen molar-refractivity contribution in [2.24, 2.45) is 0 Å². The van der Waals surface area contributed by atoms with Crippen LogP contribution in [0, 0.1) is 0 Å². The lowest BCUT2D eigenvalue weighted by molar-refractivity contribution is -0.121. The van der Waals surface area contributed by atoms with E-state index in [1.54, 1.807) is 11.8 Å². The average Bonchev–Trinajstić information content (AvgIpc) is 2.27. The molecule has 0 aliphatic heterocycles. The number of alkyl halides is 1. The maximum absolute atomic E-state index is 11.7. The second kappa shape index (κ2) is 6.16. The van der Waals surface area contributed by atoms with Crippen molar-refractivity contribution >= 4 is 29.3 Å². The molecule has 0 heterocycles. The summed E-state index contributed by atoms with van der Waals surface area (Å²) in [7, 11) is 0. The molecule has 1 atom stereocenters. The minimum absolute atomic E-state index is 0.110. The first-order chi connectivity index (χ1) is 7.54. The van der Waals surface area contributed by atoms with E-state index in [0.29, 0.717) is 0 Å². The molecule has 1 N–H and O–H groups in total. The van der Waals surface area contributed by atoms with E-state index in [0.717, 1.165) is 10.5 Å².